The molecule has 0 saturated carbocycles. The Balaban J connectivity index is 1.51. The molecule has 0 atom stereocenters. The van der Waals surface area contributed by atoms with Crippen LogP contribution in [0.25, 0.3) is 0 Å². The molecule has 0 aliphatic rings. The van der Waals surface area contributed by atoms with Crippen molar-refractivity contribution in [3.63, 3.8) is 0 Å². The van der Waals surface area contributed by atoms with E-state index in [-0.39, 0.29) is 12.8 Å². The van der Waals surface area contributed by atoms with Crippen molar-refractivity contribution in [3.05, 3.63) is 54.1 Å². The van der Waals surface area contributed by atoms with Crippen molar-refractivity contribution in [3.8, 4) is 17.2 Å². The van der Waals surface area contributed by atoms with Crippen LogP contribution in [0.5, 0.6) is 17.2 Å². The summed E-state index contributed by atoms with van der Waals surface area (Å²) in [6.45, 7) is 1.07. The van der Waals surface area contributed by atoms with E-state index in [9.17, 15) is 4.79 Å². The predicted molar refractivity (Wildman–Crippen MR) is 97.0 cm³/mol. The van der Waals surface area contributed by atoms with E-state index in [1.165, 1.54) is 0 Å². The van der Waals surface area contributed by atoms with Gasteiger partial charge in [-0.05, 0) is 61.4 Å². The Morgan fingerprint density at radius 3 is 1.92 bits per heavy atom. The largest absolute Gasteiger partial charge is 0.497 e. The number of ether oxygens (including phenoxy) is 5. The highest BCUT2D eigenvalue weighted by Crippen LogP contribution is 2.17. The third-order valence-electron chi connectivity index (χ3n) is 3.61. The van der Waals surface area contributed by atoms with Gasteiger partial charge in [-0.15, -0.1) is 0 Å². The molecule has 0 bridgehead atoms. The Morgan fingerprint density at radius 1 is 0.769 bits per heavy atom. The molecule has 6 nitrogen and oxygen atoms in total. The quantitative estimate of drug-likeness (QED) is 0.346. The third kappa shape index (κ3) is 6.64. The van der Waals surface area contributed by atoms with Gasteiger partial charge in [0.2, 0.25) is 0 Å². The summed E-state index contributed by atoms with van der Waals surface area (Å²) in [6, 6.07) is 14.1. The van der Waals surface area contributed by atoms with E-state index in [0.29, 0.717) is 24.5 Å². The van der Waals surface area contributed by atoms with Crippen molar-refractivity contribution in [2.75, 3.05) is 34.2 Å². The molecule has 0 N–H and O–H groups in total. The van der Waals surface area contributed by atoms with E-state index >= 15 is 0 Å². The minimum absolute atomic E-state index is 0.179. The molecule has 0 aromatic heterocycles. The molecule has 0 radical (unpaired) electrons. The normalized spacial score (nSPS) is 10.2. The van der Waals surface area contributed by atoms with Gasteiger partial charge in [0, 0.05) is 0 Å². The molecule has 0 aliphatic carbocycles. The van der Waals surface area contributed by atoms with Crippen molar-refractivity contribution in [1.29, 1.82) is 0 Å². The summed E-state index contributed by atoms with van der Waals surface area (Å²) in [5.41, 5.74) is 0.509. The van der Waals surface area contributed by atoms with Crippen LogP contribution in [0.2, 0.25) is 0 Å². The van der Waals surface area contributed by atoms with E-state index < -0.39 is 0 Å². The molecule has 6 heteroatoms. The second kappa shape index (κ2) is 11.0. The van der Waals surface area contributed by atoms with Crippen molar-refractivity contribution in [2.24, 2.45) is 0 Å². The zero-order chi connectivity index (χ0) is 18.6. The fourth-order valence-electron chi connectivity index (χ4n) is 2.12. The summed E-state index contributed by atoms with van der Waals surface area (Å²) in [6.07, 6.45) is 1.51. The van der Waals surface area contributed by atoms with Gasteiger partial charge in [-0.1, -0.05) is 0 Å². The third-order valence-corrected chi connectivity index (χ3v) is 3.61. The average molecular weight is 360 g/mol. The van der Waals surface area contributed by atoms with E-state index in [0.717, 1.165) is 24.3 Å². The first-order chi connectivity index (χ1) is 12.7. The highest BCUT2D eigenvalue weighted by atomic mass is 16.7. The van der Waals surface area contributed by atoms with E-state index in [2.05, 4.69) is 0 Å². The lowest BCUT2D eigenvalue weighted by molar-refractivity contribution is 0.0107. The van der Waals surface area contributed by atoms with Crippen LogP contribution in [0.3, 0.4) is 0 Å². The summed E-state index contributed by atoms with van der Waals surface area (Å²) in [5, 5.41) is 0. The van der Waals surface area contributed by atoms with Gasteiger partial charge < -0.3 is 23.7 Å². The van der Waals surface area contributed by atoms with E-state index in [1.54, 1.807) is 38.5 Å². The molecule has 0 heterocycles. The molecule has 2 aromatic carbocycles. The number of unbranched alkanes of at least 4 members (excludes halogenated alkanes) is 1. The smallest absolute Gasteiger partial charge is 0.338 e. The first-order valence-corrected chi connectivity index (χ1v) is 8.38. The highest BCUT2D eigenvalue weighted by Gasteiger charge is 2.06. The SMILES string of the molecule is COc1ccc(OCOCCCCOC(=O)c2ccc(OC)cc2)cc1. The van der Waals surface area contributed by atoms with Crippen LogP contribution in [0.1, 0.15) is 23.2 Å². The Labute approximate surface area is 153 Å². The van der Waals surface area contributed by atoms with Crippen molar-refractivity contribution in [1.82, 2.24) is 0 Å². The van der Waals surface area contributed by atoms with Crippen LogP contribution in [-0.2, 0) is 9.47 Å². The Hall–Kier alpha value is -2.73. The van der Waals surface area contributed by atoms with Crippen LogP contribution in [0.4, 0.5) is 0 Å². The van der Waals surface area contributed by atoms with Gasteiger partial charge in [0.25, 0.3) is 0 Å². The maximum absolute atomic E-state index is 11.9. The van der Waals surface area contributed by atoms with Gasteiger partial charge in [0.1, 0.15) is 17.2 Å². The summed E-state index contributed by atoms with van der Waals surface area (Å²) in [4.78, 5) is 11.9. The van der Waals surface area contributed by atoms with Crippen LogP contribution in [0.15, 0.2) is 48.5 Å². The molecule has 2 rings (SSSR count). The number of hydrogen-bond donors (Lipinski definition) is 0. The van der Waals surface area contributed by atoms with Gasteiger partial charge in [-0.2, -0.15) is 0 Å². The minimum atomic E-state index is -0.337. The first-order valence-electron chi connectivity index (χ1n) is 8.38. The van der Waals surface area contributed by atoms with Crippen LogP contribution in [-0.4, -0.2) is 40.2 Å². The fraction of sp³-hybridized carbons (Fsp3) is 0.350. The maximum atomic E-state index is 11.9. The fourth-order valence-corrected chi connectivity index (χ4v) is 2.12. The van der Waals surface area contributed by atoms with Crippen molar-refractivity contribution in [2.45, 2.75) is 12.8 Å². The van der Waals surface area contributed by atoms with Gasteiger partial charge in [-0.25, -0.2) is 4.79 Å². The minimum Gasteiger partial charge on any atom is -0.497 e. The molecular formula is C20H24O6. The lowest BCUT2D eigenvalue weighted by Crippen LogP contribution is -2.08. The highest BCUT2D eigenvalue weighted by molar-refractivity contribution is 5.89. The molecule has 2 aromatic rings. The molecule has 26 heavy (non-hydrogen) atoms. The standard InChI is InChI=1S/C20H24O6/c1-22-17-7-5-16(6-8-17)20(21)25-14-4-3-13-24-15-26-19-11-9-18(23-2)10-12-19/h5-12H,3-4,13-15H2,1-2H3. The second-order valence-corrected chi connectivity index (χ2v) is 5.42. The number of hydrogen-bond acceptors (Lipinski definition) is 6. The molecule has 0 unspecified atom stereocenters. The number of carbonyl (C=O) groups excluding carboxylic acids is 1. The van der Waals surface area contributed by atoms with Gasteiger partial charge in [0.05, 0.1) is 33.0 Å². The Bertz CT molecular complexity index is 651. The number of carbonyl (C=O) groups is 1. The van der Waals surface area contributed by atoms with Gasteiger partial charge in [0.15, 0.2) is 6.79 Å². The first kappa shape index (κ1) is 19.6. The van der Waals surface area contributed by atoms with Crippen LogP contribution < -0.4 is 14.2 Å². The van der Waals surface area contributed by atoms with E-state index in [1.807, 2.05) is 24.3 Å². The summed E-state index contributed by atoms with van der Waals surface area (Å²) in [7, 11) is 3.20. The number of rotatable bonds is 11. The lowest BCUT2D eigenvalue weighted by atomic mass is 10.2. The maximum Gasteiger partial charge on any atom is 0.338 e. The molecule has 0 fully saturated rings. The van der Waals surface area contributed by atoms with Gasteiger partial charge >= 0.3 is 5.97 Å². The molecule has 0 aliphatic heterocycles. The molecule has 0 saturated heterocycles. The molecule has 140 valence electrons. The summed E-state index contributed by atoms with van der Waals surface area (Å²) < 4.78 is 26.2. The average Bonchev–Trinajstić information content (AvgIpc) is 2.70. The molecule has 0 spiro atoms. The summed E-state index contributed by atoms with van der Waals surface area (Å²) >= 11 is 0. The monoisotopic (exact) mass is 360 g/mol. The molecule has 0 amide bonds. The van der Waals surface area contributed by atoms with Crippen molar-refractivity contribution < 1.29 is 28.5 Å². The van der Waals surface area contributed by atoms with E-state index in [4.69, 9.17) is 23.7 Å². The molecular weight excluding hydrogens is 336 g/mol. The topological polar surface area (TPSA) is 63.2 Å². The number of esters is 1. The zero-order valence-corrected chi connectivity index (χ0v) is 15.1. The second-order valence-electron chi connectivity index (χ2n) is 5.42. The Kier molecular flexibility index (Phi) is 8.29. The van der Waals surface area contributed by atoms with Crippen LogP contribution in [0, 0.1) is 0 Å². The van der Waals surface area contributed by atoms with Crippen LogP contribution >= 0.6 is 0 Å². The number of benzene rings is 2. The predicted octanol–water partition coefficient (Wildman–Crippen LogP) is 3.69. The lowest BCUT2D eigenvalue weighted by Gasteiger charge is -2.08. The van der Waals surface area contributed by atoms with Gasteiger partial charge in [-0.3, -0.25) is 0 Å². The zero-order valence-electron chi connectivity index (χ0n) is 15.1. The van der Waals surface area contributed by atoms with Crippen molar-refractivity contribution >= 4 is 5.97 Å². The number of methoxy groups -OCH3 is 2. The Morgan fingerprint density at radius 2 is 1.31 bits per heavy atom. The summed E-state index contributed by atoms with van der Waals surface area (Å²) in [5.74, 6) is 1.87.